The van der Waals surface area contributed by atoms with Crippen molar-refractivity contribution in [2.75, 3.05) is 26.4 Å². The first-order valence-corrected chi connectivity index (χ1v) is 9.49. The predicted octanol–water partition coefficient (Wildman–Crippen LogP) is 3.83. The number of rotatable bonds is 10. The lowest BCUT2D eigenvalue weighted by atomic mass is 9.79. The van der Waals surface area contributed by atoms with E-state index in [0.29, 0.717) is 31.7 Å². The van der Waals surface area contributed by atoms with Crippen LogP contribution in [0.25, 0.3) is 0 Å². The molecule has 2 fully saturated rings. The maximum Gasteiger partial charge on any atom is 0.330 e. The van der Waals surface area contributed by atoms with Gasteiger partial charge in [0.05, 0.1) is 19.8 Å². The lowest BCUT2D eigenvalue weighted by Crippen LogP contribution is -2.19. The van der Waals surface area contributed by atoms with E-state index >= 15 is 0 Å². The highest BCUT2D eigenvalue weighted by atomic mass is 16.8. The van der Waals surface area contributed by atoms with E-state index in [1.54, 1.807) is 0 Å². The third-order valence-corrected chi connectivity index (χ3v) is 4.99. The van der Waals surface area contributed by atoms with Gasteiger partial charge in [0.25, 0.3) is 0 Å². The van der Waals surface area contributed by atoms with Crippen molar-refractivity contribution in [3.63, 3.8) is 0 Å². The Morgan fingerprint density at radius 3 is 2.54 bits per heavy atom. The van der Waals surface area contributed by atoms with Crippen molar-refractivity contribution in [2.24, 2.45) is 5.92 Å². The molecule has 0 bridgehead atoms. The number of ether oxygens (including phenoxy) is 4. The summed E-state index contributed by atoms with van der Waals surface area (Å²) in [5.74, 6) is 1.64. The van der Waals surface area contributed by atoms with Gasteiger partial charge in [-0.1, -0.05) is 18.7 Å². The van der Waals surface area contributed by atoms with E-state index in [0.717, 1.165) is 44.5 Å². The first-order chi connectivity index (χ1) is 12.7. The van der Waals surface area contributed by atoms with E-state index in [1.807, 2.05) is 0 Å². The Bertz CT molecular complexity index is 571. The summed E-state index contributed by atoms with van der Waals surface area (Å²) in [4.78, 5) is 11.2. The molecule has 0 N–H and O–H groups in total. The fourth-order valence-corrected chi connectivity index (χ4v) is 3.36. The van der Waals surface area contributed by atoms with Gasteiger partial charge in [-0.25, -0.2) is 4.79 Å². The molecule has 5 heteroatoms. The minimum absolute atomic E-state index is 0.0263. The van der Waals surface area contributed by atoms with Crippen molar-refractivity contribution in [1.82, 2.24) is 0 Å². The van der Waals surface area contributed by atoms with Gasteiger partial charge in [-0.3, -0.25) is 0 Å². The largest absolute Gasteiger partial charge is 0.494 e. The normalized spacial score (nSPS) is 24.7. The third kappa shape index (κ3) is 6.15. The Labute approximate surface area is 155 Å². The number of hydrogen-bond acceptors (Lipinski definition) is 5. The van der Waals surface area contributed by atoms with E-state index in [9.17, 15) is 4.79 Å². The molecule has 0 radical (unpaired) electrons. The molecule has 142 valence electrons. The quantitative estimate of drug-likeness (QED) is 0.275. The van der Waals surface area contributed by atoms with Gasteiger partial charge in [-0.05, 0) is 55.2 Å². The van der Waals surface area contributed by atoms with Crippen molar-refractivity contribution in [1.29, 1.82) is 0 Å². The summed E-state index contributed by atoms with van der Waals surface area (Å²) in [6, 6.07) is 8.45. The van der Waals surface area contributed by atoms with Crippen LogP contribution >= 0.6 is 0 Å². The zero-order valence-electron chi connectivity index (χ0n) is 15.2. The van der Waals surface area contributed by atoms with Crippen LogP contribution in [0.15, 0.2) is 36.9 Å². The van der Waals surface area contributed by atoms with Gasteiger partial charge in [0.1, 0.15) is 12.4 Å². The Morgan fingerprint density at radius 2 is 1.88 bits per heavy atom. The Balaban J connectivity index is 1.34. The SMILES string of the molecule is C=CC(=O)OCC1CCC(c2ccc(OCCCOC3CO3)cc2)CC1. The maximum atomic E-state index is 11.2. The van der Waals surface area contributed by atoms with E-state index in [-0.39, 0.29) is 12.3 Å². The molecule has 1 saturated carbocycles. The summed E-state index contributed by atoms with van der Waals surface area (Å²) in [6.07, 6.45) is 6.58. The molecule has 1 unspecified atom stereocenters. The van der Waals surface area contributed by atoms with E-state index < -0.39 is 0 Å². The molecule has 1 aliphatic carbocycles. The molecule has 1 saturated heterocycles. The van der Waals surface area contributed by atoms with Crippen LogP contribution in [0.1, 0.15) is 43.6 Å². The molecule has 0 aromatic heterocycles. The first kappa shape index (κ1) is 18.9. The highest BCUT2D eigenvalue weighted by molar-refractivity contribution is 5.81. The van der Waals surface area contributed by atoms with E-state index in [2.05, 4.69) is 30.8 Å². The van der Waals surface area contributed by atoms with Gasteiger partial charge in [-0.15, -0.1) is 0 Å². The van der Waals surface area contributed by atoms with E-state index in [1.165, 1.54) is 11.6 Å². The van der Waals surface area contributed by atoms with Gasteiger partial charge in [0.15, 0.2) is 6.29 Å². The molecular formula is C21H28O5. The number of hydrogen-bond donors (Lipinski definition) is 0. The Hall–Kier alpha value is -1.85. The standard InChI is InChI=1S/C21H28O5/c1-2-20(22)25-14-16-4-6-17(7-5-16)18-8-10-19(11-9-18)23-12-3-13-24-21-15-26-21/h2,8-11,16-17,21H,1,3-7,12-15H2. The summed E-state index contributed by atoms with van der Waals surface area (Å²) in [5.41, 5.74) is 1.37. The van der Waals surface area contributed by atoms with Crippen LogP contribution in [-0.4, -0.2) is 38.7 Å². The van der Waals surface area contributed by atoms with Crippen LogP contribution in [-0.2, 0) is 19.0 Å². The molecule has 26 heavy (non-hydrogen) atoms. The lowest BCUT2D eigenvalue weighted by molar-refractivity contribution is -0.139. The average Bonchev–Trinajstić information content (AvgIpc) is 3.51. The summed E-state index contributed by atoms with van der Waals surface area (Å²) in [5, 5.41) is 0. The lowest BCUT2D eigenvalue weighted by Gasteiger charge is -2.28. The second kappa shape index (κ2) is 9.74. The zero-order chi connectivity index (χ0) is 18.2. The summed E-state index contributed by atoms with van der Waals surface area (Å²) < 4.78 is 21.3. The molecule has 0 spiro atoms. The average molecular weight is 360 g/mol. The van der Waals surface area contributed by atoms with Gasteiger partial charge in [0.2, 0.25) is 0 Å². The maximum absolute atomic E-state index is 11.2. The predicted molar refractivity (Wildman–Crippen MR) is 98.1 cm³/mol. The van der Waals surface area contributed by atoms with Crippen molar-refractivity contribution < 1.29 is 23.7 Å². The molecule has 5 nitrogen and oxygen atoms in total. The highest BCUT2D eigenvalue weighted by Crippen LogP contribution is 2.36. The van der Waals surface area contributed by atoms with Crippen molar-refractivity contribution in [3.05, 3.63) is 42.5 Å². The van der Waals surface area contributed by atoms with Gasteiger partial charge < -0.3 is 18.9 Å². The van der Waals surface area contributed by atoms with Crippen LogP contribution < -0.4 is 4.74 Å². The minimum Gasteiger partial charge on any atom is -0.494 e. The molecule has 1 aromatic carbocycles. The van der Waals surface area contributed by atoms with Gasteiger partial charge >= 0.3 is 5.97 Å². The number of carbonyl (C=O) groups excluding carboxylic acids is 1. The molecule has 3 rings (SSSR count). The zero-order valence-corrected chi connectivity index (χ0v) is 15.2. The second-order valence-corrected chi connectivity index (χ2v) is 6.96. The molecule has 1 aliphatic heterocycles. The summed E-state index contributed by atoms with van der Waals surface area (Å²) in [6.45, 7) is 5.99. The minimum atomic E-state index is -0.324. The Kier molecular flexibility index (Phi) is 7.09. The van der Waals surface area contributed by atoms with Crippen LogP contribution in [0.5, 0.6) is 5.75 Å². The first-order valence-electron chi connectivity index (χ1n) is 9.49. The number of benzene rings is 1. The molecular weight excluding hydrogens is 332 g/mol. The monoisotopic (exact) mass is 360 g/mol. The number of carbonyl (C=O) groups is 1. The van der Waals surface area contributed by atoms with Crippen LogP contribution in [0.3, 0.4) is 0 Å². The molecule has 2 aliphatic rings. The summed E-state index contributed by atoms with van der Waals surface area (Å²) in [7, 11) is 0. The molecule has 1 aromatic rings. The van der Waals surface area contributed by atoms with Crippen LogP contribution in [0, 0.1) is 5.92 Å². The molecule has 1 atom stereocenters. The van der Waals surface area contributed by atoms with Crippen molar-refractivity contribution in [2.45, 2.75) is 44.3 Å². The molecule has 1 heterocycles. The summed E-state index contributed by atoms with van der Waals surface area (Å²) >= 11 is 0. The second-order valence-electron chi connectivity index (χ2n) is 6.96. The Morgan fingerprint density at radius 1 is 1.15 bits per heavy atom. The number of epoxide rings is 1. The third-order valence-electron chi connectivity index (χ3n) is 4.99. The van der Waals surface area contributed by atoms with Crippen molar-refractivity contribution >= 4 is 5.97 Å². The van der Waals surface area contributed by atoms with E-state index in [4.69, 9.17) is 18.9 Å². The molecule has 0 amide bonds. The van der Waals surface area contributed by atoms with Gasteiger partial charge in [0, 0.05) is 12.5 Å². The fraction of sp³-hybridized carbons (Fsp3) is 0.571. The van der Waals surface area contributed by atoms with Crippen LogP contribution in [0.4, 0.5) is 0 Å². The van der Waals surface area contributed by atoms with Crippen LogP contribution in [0.2, 0.25) is 0 Å². The topological polar surface area (TPSA) is 57.3 Å². The van der Waals surface area contributed by atoms with Crippen molar-refractivity contribution in [3.8, 4) is 5.75 Å². The number of esters is 1. The smallest absolute Gasteiger partial charge is 0.330 e. The highest BCUT2D eigenvalue weighted by Gasteiger charge is 2.23. The van der Waals surface area contributed by atoms with Gasteiger partial charge in [-0.2, -0.15) is 0 Å². The fourth-order valence-electron chi connectivity index (χ4n) is 3.36.